The third-order valence-electron chi connectivity index (χ3n) is 4.30. The Morgan fingerprint density at radius 2 is 1.70 bits per heavy atom. The van der Waals surface area contributed by atoms with Gasteiger partial charge in [0.05, 0.1) is 10.7 Å². The highest BCUT2D eigenvalue weighted by Crippen LogP contribution is 2.32. The van der Waals surface area contributed by atoms with E-state index in [0.29, 0.717) is 21.4 Å². The second-order valence-corrected chi connectivity index (χ2v) is 7.10. The third-order valence-corrected chi connectivity index (χ3v) is 4.84. The summed E-state index contributed by atoms with van der Waals surface area (Å²) in [6.45, 7) is 0. The van der Waals surface area contributed by atoms with Crippen LogP contribution in [0.25, 0.3) is 17.4 Å². The summed E-state index contributed by atoms with van der Waals surface area (Å²) < 4.78 is 18.9. The Labute approximate surface area is 179 Å². The molecule has 150 valence electrons. The molecule has 1 aromatic heterocycles. The average molecular weight is 445 g/mol. The number of amides is 4. The van der Waals surface area contributed by atoms with Gasteiger partial charge < -0.3 is 4.42 Å². The molecule has 0 radical (unpaired) electrons. The van der Waals surface area contributed by atoms with Gasteiger partial charge in [-0.25, -0.2) is 14.1 Å². The van der Waals surface area contributed by atoms with Gasteiger partial charge in [0.1, 0.15) is 22.9 Å². The largest absolute Gasteiger partial charge is 0.457 e. The molecular weight excluding hydrogens is 434 g/mol. The number of carbonyl (C=O) groups is 3. The molecule has 1 saturated heterocycles. The molecule has 4 rings (SSSR count). The van der Waals surface area contributed by atoms with Crippen molar-refractivity contribution >= 4 is 52.8 Å². The maximum absolute atomic E-state index is 13.2. The molecule has 0 aliphatic carbocycles. The molecule has 1 N–H and O–H groups in total. The molecule has 1 fully saturated rings. The lowest BCUT2D eigenvalue weighted by atomic mass is 10.1. The predicted molar refractivity (Wildman–Crippen MR) is 110 cm³/mol. The number of barbiturate groups is 1. The third kappa shape index (κ3) is 3.72. The molecule has 0 saturated carbocycles. The van der Waals surface area contributed by atoms with Crippen LogP contribution in [0, 0.1) is 5.82 Å². The van der Waals surface area contributed by atoms with Crippen LogP contribution in [0.4, 0.5) is 14.9 Å². The van der Waals surface area contributed by atoms with Crippen molar-refractivity contribution in [2.24, 2.45) is 0 Å². The van der Waals surface area contributed by atoms with Crippen molar-refractivity contribution in [3.8, 4) is 11.3 Å². The van der Waals surface area contributed by atoms with Gasteiger partial charge in [0.15, 0.2) is 0 Å². The number of halogens is 3. The van der Waals surface area contributed by atoms with Crippen LogP contribution in [0.1, 0.15) is 5.76 Å². The molecule has 9 heteroatoms. The van der Waals surface area contributed by atoms with Gasteiger partial charge in [-0.3, -0.25) is 14.9 Å². The van der Waals surface area contributed by atoms with Crippen molar-refractivity contribution in [2.45, 2.75) is 0 Å². The SMILES string of the molecule is O=C1NC(=O)N(c2ccc(F)cc2)C(=O)/C1=C\c1ccc(-c2ccc(Cl)cc2Cl)o1. The van der Waals surface area contributed by atoms with Gasteiger partial charge in [-0.1, -0.05) is 23.2 Å². The zero-order valence-corrected chi connectivity index (χ0v) is 16.5. The molecule has 0 unspecified atom stereocenters. The fourth-order valence-corrected chi connectivity index (χ4v) is 3.39. The maximum Gasteiger partial charge on any atom is 0.335 e. The Bertz CT molecular complexity index is 1220. The van der Waals surface area contributed by atoms with Crippen molar-refractivity contribution in [3.05, 3.63) is 81.8 Å². The first kappa shape index (κ1) is 19.9. The van der Waals surface area contributed by atoms with E-state index in [4.69, 9.17) is 27.6 Å². The molecule has 2 aromatic carbocycles. The van der Waals surface area contributed by atoms with Gasteiger partial charge in [0.25, 0.3) is 11.8 Å². The number of nitrogens with zero attached hydrogens (tertiary/aromatic N) is 1. The van der Waals surface area contributed by atoms with Gasteiger partial charge in [0, 0.05) is 10.6 Å². The number of hydrogen-bond donors (Lipinski definition) is 1. The number of rotatable bonds is 3. The number of imide groups is 2. The van der Waals surface area contributed by atoms with Crippen molar-refractivity contribution < 1.29 is 23.2 Å². The Kier molecular flexibility index (Phi) is 5.15. The van der Waals surface area contributed by atoms with E-state index in [1.54, 1.807) is 30.3 Å². The molecule has 1 aliphatic rings. The van der Waals surface area contributed by atoms with Gasteiger partial charge in [-0.15, -0.1) is 0 Å². The number of hydrogen-bond acceptors (Lipinski definition) is 4. The lowest BCUT2D eigenvalue weighted by Gasteiger charge is -2.26. The van der Waals surface area contributed by atoms with Crippen LogP contribution in [-0.2, 0) is 9.59 Å². The highest BCUT2D eigenvalue weighted by molar-refractivity contribution is 6.39. The first-order valence-corrected chi connectivity index (χ1v) is 9.31. The summed E-state index contributed by atoms with van der Waals surface area (Å²) in [5.74, 6) is -1.66. The van der Waals surface area contributed by atoms with Crippen molar-refractivity contribution in [1.82, 2.24) is 5.32 Å². The highest BCUT2D eigenvalue weighted by Gasteiger charge is 2.37. The van der Waals surface area contributed by atoms with Crippen molar-refractivity contribution in [2.75, 3.05) is 4.90 Å². The van der Waals surface area contributed by atoms with Crippen LogP contribution < -0.4 is 10.2 Å². The zero-order valence-electron chi connectivity index (χ0n) is 15.0. The fraction of sp³-hybridized carbons (Fsp3) is 0. The maximum atomic E-state index is 13.2. The van der Waals surface area contributed by atoms with Gasteiger partial charge in [-0.05, 0) is 60.7 Å². The molecule has 4 amide bonds. The van der Waals surface area contributed by atoms with E-state index in [1.165, 1.54) is 18.2 Å². The van der Waals surface area contributed by atoms with Gasteiger partial charge >= 0.3 is 6.03 Å². The normalized spacial score (nSPS) is 15.6. The standard InChI is InChI=1S/C21H11Cl2FN2O4/c22-11-1-7-15(17(23)9-11)18-8-6-14(30-18)10-16-19(27)25-21(29)26(20(16)28)13-4-2-12(24)3-5-13/h1-10H,(H,25,27,29)/b16-10-. The minimum atomic E-state index is -0.929. The van der Waals surface area contributed by atoms with Crippen molar-refractivity contribution in [1.29, 1.82) is 0 Å². The number of urea groups is 1. The lowest BCUT2D eigenvalue weighted by molar-refractivity contribution is -0.122. The van der Waals surface area contributed by atoms with Crippen LogP contribution in [0.5, 0.6) is 0 Å². The smallest absolute Gasteiger partial charge is 0.335 e. The summed E-state index contributed by atoms with van der Waals surface area (Å²) in [6.07, 6.45) is 1.22. The highest BCUT2D eigenvalue weighted by atomic mass is 35.5. The van der Waals surface area contributed by atoms with Crippen LogP contribution in [0.15, 0.2) is 64.6 Å². The van der Waals surface area contributed by atoms with Crippen LogP contribution in [0.3, 0.4) is 0 Å². The van der Waals surface area contributed by atoms with E-state index >= 15 is 0 Å². The second-order valence-electron chi connectivity index (χ2n) is 6.26. The molecule has 0 spiro atoms. The first-order chi connectivity index (χ1) is 14.3. The van der Waals surface area contributed by atoms with E-state index in [0.717, 1.165) is 17.0 Å². The van der Waals surface area contributed by atoms with E-state index in [9.17, 15) is 18.8 Å². The average Bonchev–Trinajstić information content (AvgIpc) is 3.15. The minimum Gasteiger partial charge on any atom is -0.457 e. The summed E-state index contributed by atoms with van der Waals surface area (Å²) in [5.41, 5.74) is 0.376. The van der Waals surface area contributed by atoms with Crippen LogP contribution in [0.2, 0.25) is 10.0 Å². The van der Waals surface area contributed by atoms with Gasteiger partial charge in [-0.2, -0.15) is 0 Å². The Balaban J connectivity index is 1.68. The summed E-state index contributed by atoms with van der Waals surface area (Å²) >= 11 is 12.1. The Hall–Kier alpha value is -3.42. The number of nitrogens with one attached hydrogen (secondary N) is 1. The molecular formula is C21H11Cl2FN2O4. The molecule has 3 aromatic rings. The van der Waals surface area contributed by atoms with E-state index in [-0.39, 0.29) is 17.0 Å². The lowest BCUT2D eigenvalue weighted by Crippen LogP contribution is -2.54. The molecule has 6 nitrogen and oxygen atoms in total. The monoisotopic (exact) mass is 444 g/mol. The topological polar surface area (TPSA) is 79.6 Å². The van der Waals surface area contributed by atoms with E-state index in [2.05, 4.69) is 5.32 Å². The molecule has 1 aliphatic heterocycles. The molecule has 0 atom stereocenters. The number of benzene rings is 2. The Morgan fingerprint density at radius 3 is 2.40 bits per heavy atom. The molecule has 30 heavy (non-hydrogen) atoms. The summed E-state index contributed by atoms with van der Waals surface area (Å²) in [6, 6.07) is 11.8. The predicted octanol–water partition coefficient (Wildman–Crippen LogP) is 5.06. The summed E-state index contributed by atoms with van der Waals surface area (Å²) in [4.78, 5) is 37.9. The summed E-state index contributed by atoms with van der Waals surface area (Å²) in [5, 5.41) is 2.92. The van der Waals surface area contributed by atoms with Crippen molar-refractivity contribution in [3.63, 3.8) is 0 Å². The zero-order chi connectivity index (χ0) is 21.4. The number of carbonyl (C=O) groups excluding carboxylic acids is 3. The van der Waals surface area contributed by atoms with E-state index in [1.807, 2.05) is 0 Å². The Morgan fingerprint density at radius 1 is 0.967 bits per heavy atom. The minimum absolute atomic E-state index is 0.116. The second kappa shape index (κ2) is 7.78. The van der Waals surface area contributed by atoms with Gasteiger partial charge in [0.2, 0.25) is 0 Å². The first-order valence-electron chi connectivity index (χ1n) is 8.56. The van der Waals surface area contributed by atoms with Crippen LogP contribution in [-0.4, -0.2) is 17.8 Å². The number of furan rings is 1. The summed E-state index contributed by atoms with van der Waals surface area (Å²) in [7, 11) is 0. The van der Waals surface area contributed by atoms with E-state index < -0.39 is 23.7 Å². The molecule has 2 heterocycles. The number of anilines is 1. The molecule has 0 bridgehead atoms. The van der Waals surface area contributed by atoms with Crippen LogP contribution >= 0.6 is 23.2 Å². The quantitative estimate of drug-likeness (QED) is 0.452. The fourth-order valence-electron chi connectivity index (χ4n) is 2.89.